The monoisotopic (exact) mass is 294 g/mol. The summed E-state index contributed by atoms with van der Waals surface area (Å²) in [5.74, 6) is 0.411. The lowest BCUT2D eigenvalue weighted by Gasteiger charge is -2.12. The number of benzene rings is 2. The van der Waals surface area contributed by atoms with Crippen LogP contribution in [-0.4, -0.2) is 20.5 Å². The Kier molecular flexibility index (Phi) is 4.25. The summed E-state index contributed by atoms with van der Waals surface area (Å²) in [5.41, 5.74) is 1.39. The molecule has 2 aromatic rings. The Bertz CT molecular complexity index is 636. The molecule has 2 rings (SSSR count). The van der Waals surface area contributed by atoms with Gasteiger partial charge < -0.3 is 9.47 Å². The lowest BCUT2D eigenvalue weighted by Crippen LogP contribution is -1.95. The highest BCUT2D eigenvalue weighted by Crippen LogP contribution is 2.36. The first-order chi connectivity index (χ1) is 9.58. The van der Waals surface area contributed by atoms with Gasteiger partial charge >= 0.3 is 0 Å². The van der Waals surface area contributed by atoms with E-state index in [1.54, 1.807) is 18.2 Å². The third kappa shape index (κ3) is 2.75. The molecule has 0 saturated heterocycles. The van der Waals surface area contributed by atoms with Crippen molar-refractivity contribution >= 4 is 17.9 Å². The molecular formula is C15H12ClFO3. The number of rotatable bonds is 4. The molecule has 0 saturated carbocycles. The second-order valence-electron chi connectivity index (χ2n) is 4.07. The molecule has 104 valence electrons. The van der Waals surface area contributed by atoms with Crippen LogP contribution in [0.25, 0.3) is 11.1 Å². The first kappa shape index (κ1) is 14.3. The van der Waals surface area contributed by atoms with E-state index in [0.29, 0.717) is 34.5 Å². The van der Waals surface area contributed by atoms with E-state index >= 15 is 0 Å². The maximum atomic E-state index is 13.4. The van der Waals surface area contributed by atoms with Gasteiger partial charge in [0.1, 0.15) is 5.82 Å². The van der Waals surface area contributed by atoms with E-state index in [4.69, 9.17) is 21.1 Å². The predicted octanol–water partition coefficient (Wildman–Crippen LogP) is 3.98. The quantitative estimate of drug-likeness (QED) is 0.800. The fourth-order valence-electron chi connectivity index (χ4n) is 1.95. The van der Waals surface area contributed by atoms with Gasteiger partial charge in [0, 0.05) is 10.6 Å². The summed E-state index contributed by atoms with van der Waals surface area (Å²) in [6.07, 6.45) is 0.677. The number of hydrogen-bond acceptors (Lipinski definition) is 3. The molecule has 0 aliphatic carbocycles. The third-order valence-corrected chi connectivity index (χ3v) is 3.07. The summed E-state index contributed by atoms with van der Waals surface area (Å²) < 4.78 is 23.8. The van der Waals surface area contributed by atoms with Gasteiger partial charge in [-0.05, 0) is 41.5 Å². The van der Waals surface area contributed by atoms with Crippen molar-refractivity contribution in [2.75, 3.05) is 14.2 Å². The first-order valence-electron chi connectivity index (χ1n) is 5.76. The van der Waals surface area contributed by atoms with Crippen molar-refractivity contribution in [3.8, 4) is 22.6 Å². The van der Waals surface area contributed by atoms with Crippen molar-refractivity contribution in [2.24, 2.45) is 0 Å². The van der Waals surface area contributed by atoms with Crippen LogP contribution in [0.15, 0.2) is 30.3 Å². The number of ether oxygens (including phenoxy) is 2. The average Bonchev–Trinajstić information content (AvgIpc) is 2.44. The fraction of sp³-hybridized carbons (Fsp3) is 0.133. The molecule has 0 aliphatic heterocycles. The summed E-state index contributed by atoms with van der Waals surface area (Å²) in [6.45, 7) is 0. The van der Waals surface area contributed by atoms with Crippen LogP contribution in [0.1, 0.15) is 10.4 Å². The van der Waals surface area contributed by atoms with E-state index in [9.17, 15) is 9.18 Å². The molecular weight excluding hydrogens is 283 g/mol. The molecule has 0 atom stereocenters. The summed E-state index contributed by atoms with van der Waals surface area (Å²) in [7, 11) is 2.96. The van der Waals surface area contributed by atoms with Crippen LogP contribution < -0.4 is 9.47 Å². The zero-order valence-electron chi connectivity index (χ0n) is 10.9. The number of methoxy groups -OCH3 is 2. The van der Waals surface area contributed by atoms with Crippen LogP contribution in [0.5, 0.6) is 11.5 Å². The lowest BCUT2D eigenvalue weighted by atomic mass is 9.99. The van der Waals surface area contributed by atoms with Gasteiger partial charge in [-0.2, -0.15) is 0 Å². The fourth-order valence-corrected chi connectivity index (χ4v) is 2.17. The largest absolute Gasteiger partial charge is 0.493 e. The Morgan fingerprint density at radius 2 is 1.70 bits per heavy atom. The van der Waals surface area contributed by atoms with E-state index in [2.05, 4.69) is 0 Å². The molecule has 0 heterocycles. The van der Waals surface area contributed by atoms with E-state index < -0.39 is 5.82 Å². The maximum Gasteiger partial charge on any atom is 0.161 e. The van der Waals surface area contributed by atoms with Crippen LogP contribution in [0.2, 0.25) is 5.02 Å². The van der Waals surface area contributed by atoms with Crippen molar-refractivity contribution < 1.29 is 18.7 Å². The van der Waals surface area contributed by atoms with Gasteiger partial charge in [0.15, 0.2) is 17.8 Å². The number of carbonyl (C=O) groups is 1. The molecule has 0 N–H and O–H groups in total. The van der Waals surface area contributed by atoms with Crippen LogP contribution in [0.4, 0.5) is 4.39 Å². The molecule has 2 aromatic carbocycles. The van der Waals surface area contributed by atoms with Crippen molar-refractivity contribution in [1.29, 1.82) is 0 Å². The second-order valence-corrected chi connectivity index (χ2v) is 4.51. The predicted molar refractivity (Wildman–Crippen MR) is 75.3 cm³/mol. The number of carbonyl (C=O) groups excluding carboxylic acids is 1. The molecule has 0 unspecified atom stereocenters. The van der Waals surface area contributed by atoms with Gasteiger partial charge in [-0.15, -0.1) is 0 Å². The lowest BCUT2D eigenvalue weighted by molar-refractivity contribution is 0.112. The first-order valence-corrected chi connectivity index (χ1v) is 6.14. The van der Waals surface area contributed by atoms with E-state index in [0.717, 1.165) is 0 Å². The van der Waals surface area contributed by atoms with Crippen molar-refractivity contribution in [2.45, 2.75) is 0 Å². The van der Waals surface area contributed by atoms with Gasteiger partial charge in [-0.3, -0.25) is 4.79 Å². The second kappa shape index (κ2) is 5.92. The molecule has 5 heteroatoms. The van der Waals surface area contributed by atoms with Gasteiger partial charge in [0.2, 0.25) is 0 Å². The minimum Gasteiger partial charge on any atom is -0.493 e. The Morgan fingerprint density at radius 3 is 2.25 bits per heavy atom. The normalized spacial score (nSPS) is 10.2. The van der Waals surface area contributed by atoms with Crippen LogP contribution in [-0.2, 0) is 0 Å². The zero-order chi connectivity index (χ0) is 14.7. The van der Waals surface area contributed by atoms with Crippen LogP contribution in [0.3, 0.4) is 0 Å². The number of aldehydes is 1. The zero-order valence-corrected chi connectivity index (χ0v) is 11.7. The molecule has 0 aliphatic rings. The number of halogens is 2. The minimum absolute atomic E-state index is 0.256. The van der Waals surface area contributed by atoms with Crippen molar-refractivity contribution in [3.63, 3.8) is 0 Å². The van der Waals surface area contributed by atoms with Gasteiger partial charge in [0.05, 0.1) is 14.2 Å². The van der Waals surface area contributed by atoms with E-state index in [-0.39, 0.29) is 5.02 Å². The summed E-state index contributed by atoms with van der Waals surface area (Å²) in [4.78, 5) is 11.2. The van der Waals surface area contributed by atoms with Crippen LogP contribution in [0, 0.1) is 5.82 Å². The van der Waals surface area contributed by atoms with Gasteiger partial charge in [0.25, 0.3) is 0 Å². The van der Waals surface area contributed by atoms with Crippen molar-refractivity contribution in [3.05, 3.63) is 46.7 Å². The highest BCUT2D eigenvalue weighted by atomic mass is 35.5. The maximum absolute atomic E-state index is 13.4. The molecule has 0 aromatic heterocycles. The summed E-state index contributed by atoms with van der Waals surface area (Å²) >= 11 is 5.84. The Morgan fingerprint density at radius 1 is 1.05 bits per heavy atom. The molecule has 0 radical (unpaired) electrons. The highest BCUT2D eigenvalue weighted by molar-refractivity contribution is 6.30. The highest BCUT2D eigenvalue weighted by Gasteiger charge is 2.13. The van der Waals surface area contributed by atoms with Crippen LogP contribution >= 0.6 is 11.6 Å². The van der Waals surface area contributed by atoms with Gasteiger partial charge in [-0.1, -0.05) is 11.6 Å². The SMILES string of the molecule is COc1cc(C=O)c(-c2cc(F)cc(Cl)c2)cc1OC. The summed E-state index contributed by atoms with van der Waals surface area (Å²) in [6, 6.07) is 7.25. The molecule has 3 nitrogen and oxygen atoms in total. The molecule has 20 heavy (non-hydrogen) atoms. The van der Waals surface area contributed by atoms with E-state index in [1.807, 2.05) is 0 Å². The smallest absolute Gasteiger partial charge is 0.161 e. The van der Waals surface area contributed by atoms with Crippen molar-refractivity contribution in [1.82, 2.24) is 0 Å². The Labute approximate surface area is 120 Å². The minimum atomic E-state index is -0.473. The topological polar surface area (TPSA) is 35.5 Å². The molecule has 0 fully saturated rings. The third-order valence-electron chi connectivity index (χ3n) is 2.86. The molecule has 0 bridgehead atoms. The van der Waals surface area contributed by atoms with E-state index in [1.165, 1.54) is 26.4 Å². The van der Waals surface area contributed by atoms with Gasteiger partial charge in [-0.25, -0.2) is 4.39 Å². The standard InChI is InChI=1S/C15H12ClFO3/c1-19-14-5-10(8-18)13(7-15(14)20-2)9-3-11(16)6-12(17)4-9/h3-8H,1-2H3. The summed E-state index contributed by atoms with van der Waals surface area (Å²) in [5, 5.41) is 0.256. The number of hydrogen-bond donors (Lipinski definition) is 0. The Hall–Kier alpha value is -2.07. The molecule has 0 amide bonds. The average molecular weight is 295 g/mol. The Balaban J connectivity index is 2.68. The molecule has 0 spiro atoms.